The molecule has 3 aromatic carbocycles. The summed E-state index contributed by atoms with van der Waals surface area (Å²) in [7, 11) is 0. The van der Waals surface area contributed by atoms with Gasteiger partial charge < -0.3 is 4.98 Å². The zero-order valence-corrected chi connectivity index (χ0v) is 14.7. The molecule has 0 radical (unpaired) electrons. The highest BCUT2D eigenvalue weighted by Crippen LogP contribution is 2.41. The van der Waals surface area contributed by atoms with E-state index in [0.29, 0.717) is 0 Å². The molecular formula is C22H19NS. The molecule has 4 rings (SSSR count). The Morgan fingerprint density at radius 2 is 1.33 bits per heavy atom. The molecule has 0 atom stereocenters. The minimum Gasteiger partial charge on any atom is -0.354 e. The molecule has 2 heteroatoms. The monoisotopic (exact) mass is 329 g/mol. The summed E-state index contributed by atoms with van der Waals surface area (Å²) in [4.78, 5) is 6.16. The van der Waals surface area contributed by atoms with Gasteiger partial charge in [0.05, 0.1) is 5.69 Å². The van der Waals surface area contributed by atoms with Crippen molar-refractivity contribution in [3.8, 4) is 11.3 Å². The predicted octanol–water partition coefficient (Wildman–Crippen LogP) is 6.60. The van der Waals surface area contributed by atoms with Crippen LogP contribution in [0.2, 0.25) is 0 Å². The van der Waals surface area contributed by atoms with E-state index in [-0.39, 0.29) is 0 Å². The summed E-state index contributed by atoms with van der Waals surface area (Å²) < 4.78 is 0. The molecule has 1 heterocycles. The van der Waals surface area contributed by atoms with Crippen molar-refractivity contribution in [3.05, 3.63) is 83.9 Å². The Morgan fingerprint density at radius 3 is 2.04 bits per heavy atom. The number of H-pyrrole nitrogens is 1. The van der Waals surface area contributed by atoms with Crippen molar-refractivity contribution in [2.45, 2.75) is 23.6 Å². The molecule has 0 aliphatic rings. The summed E-state index contributed by atoms with van der Waals surface area (Å²) in [5.74, 6) is 0. The van der Waals surface area contributed by atoms with E-state index in [1.807, 2.05) is 11.8 Å². The van der Waals surface area contributed by atoms with Crippen molar-refractivity contribution in [3.63, 3.8) is 0 Å². The lowest BCUT2D eigenvalue weighted by Gasteiger charge is -2.06. The quantitative estimate of drug-likeness (QED) is 0.447. The molecule has 0 fully saturated rings. The third-order valence-electron chi connectivity index (χ3n) is 4.24. The van der Waals surface area contributed by atoms with Crippen molar-refractivity contribution >= 4 is 22.7 Å². The van der Waals surface area contributed by atoms with Gasteiger partial charge in [0.1, 0.15) is 0 Å². The van der Waals surface area contributed by atoms with Crippen LogP contribution in [-0.4, -0.2) is 4.98 Å². The molecule has 118 valence electrons. The molecule has 0 unspecified atom stereocenters. The first-order chi connectivity index (χ1) is 11.7. The van der Waals surface area contributed by atoms with Crippen LogP contribution in [0, 0.1) is 13.8 Å². The Bertz CT molecular complexity index is 979. The van der Waals surface area contributed by atoms with Crippen LogP contribution in [0.1, 0.15) is 11.1 Å². The van der Waals surface area contributed by atoms with Crippen LogP contribution >= 0.6 is 11.8 Å². The SMILES string of the molecule is Cc1ccc(Sc2c(-c3ccc(C)cc3)[nH]c3ccccc23)cc1. The molecule has 1 aromatic heterocycles. The lowest BCUT2D eigenvalue weighted by molar-refractivity contribution is 1.35. The van der Waals surface area contributed by atoms with Crippen molar-refractivity contribution in [1.29, 1.82) is 0 Å². The molecule has 0 aliphatic heterocycles. The van der Waals surface area contributed by atoms with E-state index < -0.39 is 0 Å². The fraction of sp³-hybridized carbons (Fsp3) is 0.0909. The number of aromatic amines is 1. The number of aryl methyl sites for hydroxylation is 2. The fourth-order valence-corrected chi connectivity index (χ4v) is 3.94. The second-order valence-electron chi connectivity index (χ2n) is 6.16. The van der Waals surface area contributed by atoms with Crippen LogP contribution in [-0.2, 0) is 0 Å². The molecule has 0 saturated heterocycles. The first-order valence-electron chi connectivity index (χ1n) is 8.13. The number of nitrogens with one attached hydrogen (secondary N) is 1. The van der Waals surface area contributed by atoms with Gasteiger partial charge in [-0.2, -0.15) is 0 Å². The van der Waals surface area contributed by atoms with Crippen LogP contribution < -0.4 is 0 Å². The second-order valence-corrected chi connectivity index (χ2v) is 7.24. The summed E-state index contributed by atoms with van der Waals surface area (Å²) in [5.41, 5.74) is 6.18. The molecule has 4 aromatic rings. The van der Waals surface area contributed by atoms with Crippen LogP contribution in [0.5, 0.6) is 0 Å². The standard InChI is InChI=1S/C22H19NS/c1-15-7-11-17(12-8-15)21-22(19-5-3-4-6-20(19)23-21)24-18-13-9-16(2)10-14-18/h3-14,23H,1-2H3. The maximum absolute atomic E-state index is 3.61. The Morgan fingerprint density at radius 1 is 0.708 bits per heavy atom. The topological polar surface area (TPSA) is 15.8 Å². The van der Waals surface area contributed by atoms with Gasteiger partial charge in [0.2, 0.25) is 0 Å². The van der Waals surface area contributed by atoms with Crippen molar-refractivity contribution in [2.75, 3.05) is 0 Å². The zero-order chi connectivity index (χ0) is 16.5. The number of hydrogen-bond acceptors (Lipinski definition) is 1. The first kappa shape index (κ1) is 15.1. The van der Waals surface area contributed by atoms with E-state index in [0.717, 1.165) is 0 Å². The average molecular weight is 329 g/mol. The lowest BCUT2D eigenvalue weighted by atomic mass is 10.1. The van der Waals surface area contributed by atoms with Crippen LogP contribution in [0.4, 0.5) is 0 Å². The van der Waals surface area contributed by atoms with Gasteiger partial charge >= 0.3 is 0 Å². The number of aromatic nitrogens is 1. The van der Waals surface area contributed by atoms with Crippen molar-refractivity contribution in [1.82, 2.24) is 4.98 Å². The molecule has 0 amide bonds. The summed E-state index contributed by atoms with van der Waals surface area (Å²) in [6.07, 6.45) is 0. The number of fused-ring (bicyclic) bond motifs is 1. The molecule has 1 N–H and O–H groups in total. The molecule has 0 saturated carbocycles. The van der Waals surface area contributed by atoms with Gasteiger partial charge in [-0.1, -0.05) is 77.5 Å². The van der Waals surface area contributed by atoms with Crippen molar-refractivity contribution in [2.24, 2.45) is 0 Å². The highest BCUT2D eigenvalue weighted by molar-refractivity contribution is 7.99. The number of para-hydroxylation sites is 1. The normalized spacial score (nSPS) is 11.1. The fourth-order valence-electron chi connectivity index (χ4n) is 2.87. The van der Waals surface area contributed by atoms with Gasteiger partial charge in [0, 0.05) is 20.7 Å². The zero-order valence-electron chi connectivity index (χ0n) is 13.8. The first-order valence-corrected chi connectivity index (χ1v) is 8.94. The minimum atomic E-state index is 1.18. The smallest absolute Gasteiger partial charge is 0.0606 e. The second kappa shape index (κ2) is 6.21. The van der Waals surface area contributed by atoms with E-state index in [1.54, 1.807) is 0 Å². The largest absolute Gasteiger partial charge is 0.354 e. The molecule has 0 aliphatic carbocycles. The maximum Gasteiger partial charge on any atom is 0.0606 e. The summed E-state index contributed by atoms with van der Waals surface area (Å²) in [6.45, 7) is 4.24. The number of hydrogen-bond donors (Lipinski definition) is 1. The Balaban J connectivity index is 1.86. The van der Waals surface area contributed by atoms with Gasteiger partial charge in [-0.3, -0.25) is 0 Å². The third-order valence-corrected chi connectivity index (χ3v) is 5.38. The predicted molar refractivity (Wildman–Crippen MR) is 104 cm³/mol. The van der Waals surface area contributed by atoms with E-state index in [4.69, 9.17) is 0 Å². The Hall–Kier alpha value is -2.45. The third kappa shape index (κ3) is 2.85. The van der Waals surface area contributed by atoms with E-state index in [2.05, 4.69) is 91.6 Å². The molecule has 24 heavy (non-hydrogen) atoms. The van der Waals surface area contributed by atoms with E-state index in [1.165, 1.54) is 43.1 Å². The van der Waals surface area contributed by atoms with Gasteiger partial charge in [-0.05, 0) is 37.6 Å². The summed E-state index contributed by atoms with van der Waals surface area (Å²) >= 11 is 1.83. The molecular weight excluding hydrogens is 310 g/mol. The molecule has 0 spiro atoms. The number of benzene rings is 3. The van der Waals surface area contributed by atoms with E-state index in [9.17, 15) is 0 Å². The van der Waals surface area contributed by atoms with Gasteiger partial charge in [0.15, 0.2) is 0 Å². The molecule has 1 nitrogen and oxygen atoms in total. The van der Waals surface area contributed by atoms with Crippen LogP contribution in [0.15, 0.2) is 82.6 Å². The van der Waals surface area contributed by atoms with Crippen LogP contribution in [0.25, 0.3) is 22.2 Å². The summed E-state index contributed by atoms with van der Waals surface area (Å²) in [6, 6.07) is 26.0. The molecule has 0 bridgehead atoms. The van der Waals surface area contributed by atoms with E-state index >= 15 is 0 Å². The minimum absolute atomic E-state index is 1.18. The lowest BCUT2D eigenvalue weighted by Crippen LogP contribution is -1.82. The van der Waals surface area contributed by atoms with Crippen molar-refractivity contribution < 1.29 is 0 Å². The maximum atomic E-state index is 3.61. The highest BCUT2D eigenvalue weighted by atomic mass is 32.2. The van der Waals surface area contributed by atoms with Gasteiger partial charge in [-0.25, -0.2) is 0 Å². The number of rotatable bonds is 3. The van der Waals surface area contributed by atoms with Crippen LogP contribution in [0.3, 0.4) is 0 Å². The Labute approximate surface area is 146 Å². The van der Waals surface area contributed by atoms with Gasteiger partial charge in [-0.15, -0.1) is 0 Å². The summed E-state index contributed by atoms with van der Waals surface area (Å²) in [5, 5.41) is 1.28. The Kier molecular flexibility index (Phi) is 3.91. The highest BCUT2D eigenvalue weighted by Gasteiger charge is 2.14. The average Bonchev–Trinajstić information content (AvgIpc) is 2.96. The van der Waals surface area contributed by atoms with Gasteiger partial charge in [0.25, 0.3) is 0 Å².